The first-order valence-electron chi connectivity index (χ1n) is 11.4. The highest BCUT2D eigenvalue weighted by Gasteiger charge is 2.42. The second-order valence-corrected chi connectivity index (χ2v) is 9.10. The van der Waals surface area contributed by atoms with Crippen LogP contribution in [0.5, 0.6) is 17.2 Å². The first-order chi connectivity index (χ1) is 16.3. The fraction of sp³-hybridized carbons (Fsp3) is 0.333. The quantitative estimate of drug-likeness (QED) is 0.452. The Hall–Kier alpha value is -3.74. The van der Waals surface area contributed by atoms with Gasteiger partial charge in [0, 0.05) is 17.7 Å². The highest BCUT2D eigenvalue weighted by molar-refractivity contribution is 6.00. The van der Waals surface area contributed by atoms with E-state index in [1.807, 2.05) is 44.2 Å². The van der Waals surface area contributed by atoms with E-state index in [-0.39, 0.29) is 11.7 Å². The van der Waals surface area contributed by atoms with Crippen molar-refractivity contribution in [3.8, 4) is 28.5 Å². The van der Waals surface area contributed by atoms with Crippen LogP contribution >= 0.6 is 0 Å². The van der Waals surface area contributed by atoms with E-state index >= 15 is 0 Å². The van der Waals surface area contributed by atoms with Gasteiger partial charge in [0.15, 0.2) is 11.5 Å². The van der Waals surface area contributed by atoms with E-state index in [1.54, 1.807) is 18.1 Å². The van der Waals surface area contributed by atoms with E-state index in [0.717, 1.165) is 22.3 Å². The van der Waals surface area contributed by atoms with Gasteiger partial charge in [-0.2, -0.15) is 5.10 Å². The van der Waals surface area contributed by atoms with Crippen molar-refractivity contribution in [3.63, 3.8) is 0 Å². The van der Waals surface area contributed by atoms with E-state index in [2.05, 4.69) is 30.6 Å². The summed E-state index contributed by atoms with van der Waals surface area (Å²) in [7, 11) is 1.60. The number of hydrogen-bond donors (Lipinski definition) is 2. The number of aromatic nitrogens is 2. The Labute approximate surface area is 200 Å². The molecular weight excluding hydrogens is 430 g/mol. The first-order valence-corrected chi connectivity index (χ1v) is 11.4. The van der Waals surface area contributed by atoms with Gasteiger partial charge < -0.3 is 19.5 Å². The number of carbonyl (C=O) groups is 1. The number of hydrogen-bond acceptors (Lipinski definition) is 5. The zero-order valence-electron chi connectivity index (χ0n) is 20.3. The van der Waals surface area contributed by atoms with Crippen molar-refractivity contribution in [2.75, 3.05) is 20.3 Å². The molecule has 2 aromatic carbocycles. The molecule has 0 spiro atoms. The minimum Gasteiger partial charge on any atom is -0.507 e. The Morgan fingerprint density at radius 2 is 2.00 bits per heavy atom. The summed E-state index contributed by atoms with van der Waals surface area (Å²) in [5, 5.41) is 18.2. The van der Waals surface area contributed by atoms with Gasteiger partial charge in [0.25, 0.3) is 5.91 Å². The Morgan fingerprint density at radius 3 is 2.68 bits per heavy atom. The van der Waals surface area contributed by atoms with E-state index < -0.39 is 6.04 Å². The third-order valence-corrected chi connectivity index (χ3v) is 5.97. The molecule has 1 aliphatic rings. The van der Waals surface area contributed by atoms with E-state index in [1.165, 1.54) is 0 Å². The van der Waals surface area contributed by atoms with E-state index in [4.69, 9.17) is 9.47 Å². The largest absolute Gasteiger partial charge is 0.507 e. The summed E-state index contributed by atoms with van der Waals surface area (Å²) < 4.78 is 11.5. The van der Waals surface area contributed by atoms with Gasteiger partial charge in [-0.3, -0.25) is 9.89 Å². The molecule has 178 valence electrons. The Kier molecular flexibility index (Phi) is 6.37. The molecule has 0 saturated heterocycles. The number of H-pyrrole nitrogens is 1. The third-order valence-electron chi connectivity index (χ3n) is 5.97. The van der Waals surface area contributed by atoms with Crippen molar-refractivity contribution in [2.45, 2.75) is 33.7 Å². The van der Waals surface area contributed by atoms with Crippen LogP contribution in [-0.2, 0) is 0 Å². The normalized spacial score (nSPS) is 15.1. The van der Waals surface area contributed by atoms with Crippen molar-refractivity contribution < 1.29 is 19.4 Å². The lowest BCUT2D eigenvalue weighted by Crippen LogP contribution is -2.29. The molecule has 0 bridgehead atoms. The molecule has 7 nitrogen and oxygen atoms in total. The molecule has 1 unspecified atom stereocenters. The molecule has 0 saturated carbocycles. The molecule has 4 rings (SSSR count). The predicted octanol–water partition coefficient (Wildman–Crippen LogP) is 5.17. The number of aromatic hydroxyl groups is 1. The standard InChI is InChI=1S/C27H31N3O4/c1-7-10-30-25(18-8-9-20(21(13-18)33-6)34-14-15(2)3)22-23(28-29-24(22)27(30)32)19-12-16(4)11-17(5)26(19)31/h7-9,11-13,15,25,31H,1,10,14H2,2-6H3,(H,28,29). The molecule has 2 N–H and O–H groups in total. The predicted molar refractivity (Wildman–Crippen MR) is 132 cm³/mol. The maximum atomic E-state index is 13.3. The minimum atomic E-state index is -0.428. The zero-order valence-corrected chi connectivity index (χ0v) is 20.3. The van der Waals surface area contributed by atoms with Crippen LogP contribution < -0.4 is 9.47 Å². The summed E-state index contributed by atoms with van der Waals surface area (Å²) in [5.41, 5.74) is 4.90. The second kappa shape index (κ2) is 9.25. The number of ether oxygens (including phenoxy) is 2. The van der Waals surface area contributed by atoms with Crippen molar-refractivity contribution >= 4 is 5.91 Å². The fourth-order valence-corrected chi connectivity index (χ4v) is 4.45. The van der Waals surface area contributed by atoms with Crippen LogP contribution in [0.4, 0.5) is 0 Å². The molecule has 2 heterocycles. The van der Waals surface area contributed by atoms with Gasteiger partial charge in [-0.15, -0.1) is 6.58 Å². The number of carbonyl (C=O) groups excluding carboxylic acids is 1. The summed E-state index contributed by atoms with van der Waals surface area (Å²) >= 11 is 0. The molecule has 3 aromatic rings. The van der Waals surface area contributed by atoms with Gasteiger partial charge in [-0.1, -0.05) is 32.1 Å². The van der Waals surface area contributed by atoms with Crippen molar-refractivity contribution in [1.82, 2.24) is 15.1 Å². The van der Waals surface area contributed by atoms with Gasteiger partial charge >= 0.3 is 0 Å². The molecule has 1 aliphatic heterocycles. The number of amides is 1. The minimum absolute atomic E-state index is 0.156. The van der Waals surface area contributed by atoms with Gasteiger partial charge in [-0.05, 0) is 54.7 Å². The molecule has 0 aliphatic carbocycles. The van der Waals surface area contributed by atoms with Crippen LogP contribution in [0.1, 0.15) is 52.6 Å². The number of fused-ring (bicyclic) bond motifs is 1. The SMILES string of the molecule is C=CCN1C(=O)c2[nH]nc(-c3cc(C)cc(C)c3O)c2C1c1ccc(OCC(C)C)c(OC)c1. The van der Waals surface area contributed by atoms with Crippen LogP contribution in [0.25, 0.3) is 11.3 Å². The molecule has 1 atom stereocenters. The molecule has 1 aromatic heterocycles. The highest BCUT2D eigenvalue weighted by Crippen LogP contribution is 2.46. The monoisotopic (exact) mass is 461 g/mol. The topological polar surface area (TPSA) is 87.7 Å². The number of aromatic amines is 1. The lowest BCUT2D eigenvalue weighted by atomic mass is 9.94. The summed E-state index contributed by atoms with van der Waals surface area (Å²) in [6.45, 7) is 12.8. The molecule has 0 radical (unpaired) electrons. The Morgan fingerprint density at radius 1 is 1.24 bits per heavy atom. The average molecular weight is 462 g/mol. The van der Waals surface area contributed by atoms with Crippen molar-refractivity contribution in [2.24, 2.45) is 5.92 Å². The molecular formula is C27H31N3O4. The number of benzene rings is 2. The first kappa shape index (κ1) is 23.4. The van der Waals surface area contributed by atoms with Crippen LogP contribution in [0.3, 0.4) is 0 Å². The van der Waals surface area contributed by atoms with Crippen LogP contribution in [0, 0.1) is 19.8 Å². The summed E-state index contributed by atoms with van der Waals surface area (Å²) in [5.74, 6) is 1.61. The number of phenols is 1. The number of nitrogens with one attached hydrogen (secondary N) is 1. The molecule has 34 heavy (non-hydrogen) atoms. The number of phenolic OH excluding ortho intramolecular Hbond substituents is 1. The van der Waals surface area contributed by atoms with E-state index in [9.17, 15) is 9.90 Å². The summed E-state index contributed by atoms with van der Waals surface area (Å²) in [4.78, 5) is 15.1. The van der Waals surface area contributed by atoms with Gasteiger partial charge in [0.2, 0.25) is 0 Å². The number of nitrogens with zero attached hydrogens (tertiary/aromatic N) is 2. The fourth-order valence-electron chi connectivity index (χ4n) is 4.45. The number of methoxy groups -OCH3 is 1. The summed E-state index contributed by atoms with van der Waals surface area (Å²) in [6, 6.07) is 9.09. The van der Waals surface area contributed by atoms with Crippen molar-refractivity contribution in [3.05, 3.63) is 70.9 Å². The van der Waals surface area contributed by atoms with Gasteiger partial charge in [-0.25, -0.2) is 0 Å². The second-order valence-electron chi connectivity index (χ2n) is 9.10. The average Bonchev–Trinajstić information content (AvgIpc) is 3.34. The lowest BCUT2D eigenvalue weighted by molar-refractivity contribution is 0.0764. The maximum absolute atomic E-state index is 13.3. The number of rotatable bonds is 8. The van der Waals surface area contributed by atoms with E-state index in [0.29, 0.717) is 47.5 Å². The van der Waals surface area contributed by atoms with Crippen LogP contribution in [-0.4, -0.2) is 46.4 Å². The van der Waals surface area contributed by atoms with Gasteiger partial charge in [0.05, 0.1) is 19.8 Å². The Balaban J connectivity index is 1.87. The highest BCUT2D eigenvalue weighted by atomic mass is 16.5. The van der Waals surface area contributed by atoms with Gasteiger partial charge in [0.1, 0.15) is 17.1 Å². The lowest BCUT2D eigenvalue weighted by Gasteiger charge is -2.26. The molecule has 0 fully saturated rings. The van der Waals surface area contributed by atoms with Crippen molar-refractivity contribution in [1.29, 1.82) is 0 Å². The third kappa shape index (κ3) is 4.02. The molecule has 7 heteroatoms. The van der Waals surface area contributed by atoms with Crippen LogP contribution in [0.15, 0.2) is 43.0 Å². The summed E-state index contributed by atoms with van der Waals surface area (Å²) in [6.07, 6.45) is 1.70. The number of aryl methyl sites for hydroxylation is 2. The molecule has 1 amide bonds. The maximum Gasteiger partial charge on any atom is 0.273 e. The van der Waals surface area contributed by atoms with Crippen LogP contribution in [0.2, 0.25) is 0 Å². The smallest absolute Gasteiger partial charge is 0.273 e. The Bertz CT molecular complexity index is 1240. The zero-order chi connectivity index (χ0) is 24.6.